The summed E-state index contributed by atoms with van der Waals surface area (Å²) in [6.07, 6.45) is 0. The Morgan fingerprint density at radius 3 is 1.87 bits per heavy atom. The van der Waals surface area contributed by atoms with Crippen molar-refractivity contribution in [1.82, 2.24) is 14.5 Å². The minimum atomic E-state index is 0.848. The lowest BCUT2D eigenvalue weighted by Gasteiger charge is -2.16. The molecule has 1 aliphatic rings. The van der Waals surface area contributed by atoms with E-state index in [9.17, 15) is 0 Å². The summed E-state index contributed by atoms with van der Waals surface area (Å²) >= 11 is 0. The summed E-state index contributed by atoms with van der Waals surface area (Å²) < 4.78 is 2.37. The van der Waals surface area contributed by atoms with Crippen LogP contribution in [0.1, 0.15) is 0 Å². The molecule has 0 fully saturated rings. The molecule has 0 saturated heterocycles. The van der Waals surface area contributed by atoms with E-state index in [1.165, 1.54) is 54.2 Å². The molecule has 0 aliphatic heterocycles. The molecular weight excluding hydrogens is 546 g/mol. The van der Waals surface area contributed by atoms with Gasteiger partial charge < -0.3 is 0 Å². The van der Waals surface area contributed by atoms with E-state index in [-0.39, 0.29) is 0 Å². The van der Waals surface area contributed by atoms with Crippen LogP contribution in [0.25, 0.3) is 104 Å². The van der Waals surface area contributed by atoms with Crippen LogP contribution < -0.4 is 0 Å². The number of fused-ring (bicyclic) bond motifs is 4. The van der Waals surface area contributed by atoms with Gasteiger partial charge in [-0.1, -0.05) is 121 Å². The number of rotatable bonds is 2. The molecule has 1 aliphatic carbocycles. The van der Waals surface area contributed by atoms with Crippen molar-refractivity contribution in [3.05, 3.63) is 140 Å². The van der Waals surface area contributed by atoms with Crippen LogP contribution in [0.5, 0.6) is 0 Å². The second-order valence-electron chi connectivity index (χ2n) is 12.1. The predicted octanol–water partition coefficient (Wildman–Crippen LogP) is 11.0. The first-order valence-electron chi connectivity index (χ1n) is 15.4. The molecular formula is C42H23N3. The molecule has 0 amide bonds. The summed E-state index contributed by atoms with van der Waals surface area (Å²) in [5.74, 6) is 0.848. The SMILES string of the molecule is c1ccc(-c2nc3ccc4ccccc4c3nc2-n2c3cccc4c3c3c5c(ccc6ccc7cccc-4c7c65)ccc32)cc1. The summed E-state index contributed by atoms with van der Waals surface area (Å²) in [6.45, 7) is 0. The summed E-state index contributed by atoms with van der Waals surface area (Å²) in [5.41, 5.74) is 8.57. The molecule has 0 bridgehead atoms. The Kier molecular flexibility index (Phi) is 4.32. The monoisotopic (exact) mass is 569 g/mol. The fraction of sp³-hybridized carbons (Fsp3) is 0. The Morgan fingerprint density at radius 1 is 0.400 bits per heavy atom. The minimum absolute atomic E-state index is 0.848. The standard InChI is InChI=1S/C42H23N3/c1-2-9-28(10-3-1)40-42(44-41-29-12-5-4-8-24(29)20-22-32(41)43-40)45-33-15-7-14-31-30-13-6-11-25-16-17-26-18-19-27-21-23-34(45)39(38(31)33)37(27)36(26)35(25)30/h1-23H. The van der Waals surface area contributed by atoms with Crippen molar-refractivity contribution in [3.63, 3.8) is 0 Å². The molecule has 45 heavy (non-hydrogen) atoms. The molecule has 0 unspecified atom stereocenters. The zero-order chi connectivity index (χ0) is 29.2. The topological polar surface area (TPSA) is 30.7 Å². The normalized spacial score (nSPS) is 12.4. The lowest BCUT2D eigenvalue weighted by molar-refractivity contribution is 1.08. The van der Waals surface area contributed by atoms with E-state index < -0.39 is 0 Å². The van der Waals surface area contributed by atoms with Gasteiger partial charge in [0.1, 0.15) is 5.69 Å². The Morgan fingerprint density at radius 2 is 1.02 bits per heavy atom. The second-order valence-corrected chi connectivity index (χ2v) is 12.1. The number of benzene rings is 8. The molecule has 0 radical (unpaired) electrons. The molecule has 10 aromatic rings. The van der Waals surface area contributed by atoms with Crippen LogP contribution in [0.15, 0.2) is 140 Å². The predicted molar refractivity (Wildman–Crippen MR) is 188 cm³/mol. The van der Waals surface area contributed by atoms with Crippen LogP contribution in [0, 0.1) is 0 Å². The number of nitrogens with zero attached hydrogens (tertiary/aromatic N) is 3. The van der Waals surface area contributed by atoms with Gasteiger partial charge in [0, 0.05) is 27.1 Å². The average Bonchev–Trinajstić information content (AvgIpc) is 3.38. The first-order valence-corrected chi connectivity index (χ1v) is 15.4. The molecule has 0 spiro atoms. The first-order chi connectivity index (χ1) is 22.3. The fourth-order valence-corrected chi connectivity index (χ4v) is 7.96. The van der Waals surface area contributed by atoms with Gasteiger partial charge in [0.15, 0.2) is 5.82 Å². The van der Waals surface area contributed by atoms with E-state index >= 15 is 0 Å². The van der Waals surface area contributed by atoms with Crippen molar-refractivity contribution >= 4 is 75.9 Å². The van der Waals surface area contributed by atoms with Gasteiger partial charge >= 0.3 is 0 Å². The van der Waals surface area contributed by atoms with Crippen molar-refractivity contribution < 1.29 is 0 Å². The maximum Gasteiger partial charge on any atom is 0.165 e. The lowest BCUT2D eigenvalue weighted by Crippen LogP contribution is -2.04. The highest BCUT2D eigenvalue weighted by molar-refractivity contribution is 6.38. The van der Waals surface area contributed by atoms with Crippen molar-refractivity contribution in [2.75, 3.05) is 0 Å². The van der Waals surface area contributed by atoms with Gasteiger partial charge in [0.2, 0.25) is 0 Å². The van der Waals surface area contributed by atoms with Gasteiger partial charge in [-0.25, -0.2) is 9.97 Å². The summed E-state index contributed by atoms with van der Waals surface area (Å²) in [6, 6.07) is 50.4. The van der Waals surface area contributed by atoms with Crippen LogP contribution in [0.2, 0.25) is 0 Å². The van der Waals surface area contributed by atoms with Crippen LogP contribution in [0.4, 0.5) is 0 Å². The zero-order valence-corrected chi connectivity index (χ0v) is 24.1. The highest BCUT2D eigenvalue weighted by Gasteiger charge is 2.26. The summed E-state index contributed by atoms with van der Waals surface area (Å²) in [7, 11) is 0. The van der Waals surface area contributed by atoms with Crippen molar-refractivity contribution in [2.45, 2.75) is 0 Å². The van der Waals surface area contributed by atoms with Crippen LogP contribution in [-0.2, 0) is 0 Å². The highest BCUT2D eigenvalue weighted by atomic mass is 15.1. The summed E-state index contributed by atoms with van der Waals surface area (Å²) in [5, 5.41) is 12.6. The van der Waals surface area contributed by atoms with Crippen LogP contribution in [-0.4, -0.2) is 14.5 Å². The Balaban J connectivity index is 1.40. The summed E-state index contributed by atoms with van der Waals surface area (Å²) in [4.78, 5) is 10.9. The van der Waals surface area contributed by atoms with Crippen molar-refractivity contribution in [1.29, 1.82) is 0 Å². The Labute approximate surface area is 257 Å². The Hall–Kier alpha value is -6.06. The van der Waals surface area contributed by atoms with E-state index in [0.29, 0.717) is 0 Å². The molecule has 3 heteroatoms. The maximum absolute atomic E-state index is 5.55. The first kappa shape index (κ1) is 23.4. The average molecular weight is 570 g/mol. The number of aromatic nitrogens is 3. The molecule has 206 valence electrons. The van der Waals surface area contributed by atoms with E-state index in [2.05, 4.69) is 144 Å². The third-order valence-corrected chi connectivity index (χ3v) is 9.85. The van der Waals surface area contributed by atoms with Gasteiger partial charge in [-0.2, -0.15) is 0 Å². The smallest absolute Gasteiger partial charge is 0.165 e. The van der Waals surface area contributed by atoms with Gasteiger partial charge in [-0.05, 0) is 61.6 Å². The third kappa shape index (κ3) is 2.95. The van der Waals surface area contributed by atoms with E-state index in [1.807, 2.05) is 0 Å². The van der Waals surface area contributed by atoms with Gasteiger partial charge in [0.05, 0.1) is 22.1 Å². The molecule has 11 rings (SSSR count). The highest BCUT2D eigenvalue weighted by Crippen LogP contribution is 2.50. The van der Waals surface area contributed by atoms with Crippen LogP contribution >= 0.6 is 0 Å². The molecule has 8 aromatic carbocycles. The number of hydrogen-bond acceptors (Lipinski definition) is 2. The quantitative estimate of drug-likeness (QED) is 0.194. The maximum atomic E-state index is 5.55. The zero-order valence-electron chi connectivity index (χ0n) is 24.1. The number of hydrogen-bond donors (Lipinski definition) is 0. The van der Waals surface area contributed by atoms with Gasteiger partial charge in [-0.15, -0.1) is 0 Å². The van der Waals surface area contributed by atoms with Gasteiger partial charge in [0.25, 0.3) is 0 Å². The van der Waals surface area contributed by atoms with E-state index in [4.69, 9.17) is 9.97 Å². The molecule has 3 nitrogen and oxygen atoms in total. The third-order valence-electron chi connectivity index (χ3n) is 9.85. The van der Waals surface area contributed by atoms with Gasteiger partial charge in [-0.3, -0.25) is 4.57 Å². The second kappa shape index (κ2) is 8.31. The van der Waals surface area contributed by atoms with Crippen LogP contribution in [0.3, 0.4) is 0 Å². The molecule has 0 saturated carbocycles. The molecule has 0 atom stereocenters. The largest absolute Gasteiger partial charge is 0.292 e. The minimum Gasteiger partial charge on any atom is -0.292 e. The van der Waals surface area contributed by atoms with Crippen molar-refractivity contribution in [2.24, 2.45) is 0 Å². The lowest BCUT2D eigenvalue weighted by atomic mass is 9.93. The van der Waals surface area contributed by atoms with E-state index in [1.54, 1.807) is 0 Å². The fourth-order valence-electron chi connectivity index (χ4n) is 7.96. The Bertz CT molecular complexity index is 2910. The molecule has 2 aromatic heterocycles. The van der Waals surface area contributed by atoms with E-state index in [0.717, 1.165) is 49.9 Å². The molecule has 0 N–H and O–H groups in total. The van der Waals surface area contributed by atoms with Crippen molar-refractivity contribution in [3.8, 4) is 28.2 Å². The molecule has 2 heterocycles.